The molecule has 0 radical (unpaired) electrons. The van der Waals surface area contributed by atoms with Gasteiger partial charge in [-0.15, -0.1) is 0 Å². The number of hydrogen-bond donors (Lipinski definition) is 3. The predicted octanol–water partition coefficient (Wildman–Crippen LogP) is -0.644. The van der Waals surface area contributed by atoms with Crippen molar-refractivity contribution < 1.29 is 0 Å². The molecule has 0 saturated carbocycles. The summed E-state index contributed by atoms with van der Waals surface area (Å²) in [5.41, 5.74) is 5.49. The molecule has 0 aliphatic carbocycles. The SMILES string of the molecule is CC(CN)C(C)Nc1nc2c([nH]1)c(=O)n(C)c(=O)n2C. The number of anilines is 1. The fourth-order valence-electron chi connectivity index (χ4n) is 1.96. The maximum atomic E-state index is 12.0. The molecular weight excluding hydrogens is 260 g/mol. The Bertz CT molecular complexity index is 741. The summed E-state index contributed by atoms with van der Waals surface area (Å²) in [6.07, 6.45) is 0. The summed E-state index contributed by atoms with van der Waals surface area (Å²) < 4.78 is 2.39. The van der Waals surface area contributed by atoms with Gasteiger partial charge in [0, 0.05) is 20.1 Å². The molecular formula is C12H20N6O2. The summed E-state index contributed by atoms with van der Waals surface area (Å²) in [5, 5.41) is 3.17. The maximum absolute atomic E-state index is 12.0. The third-order valence-corrected chi connectivity index (χ3v) is 3.68. The molecule has 8 nitrogen and oxygen atoms in total. The fourth-order valence-corrected chi connectivity index (χ4v) is 1.96. The first kappa shape index (κ1) is 14.3. The molecule has 2 aromatic heterocycles. The van der Waals surface area contributed by atoms with Crippen LogP contribution in [0, 0.1) is 5.92 Å². The van der Waals surface area contributed by atoms with Crippen LogP contribution < -0.4 is 22.3 Å². The first-order valence-electron chi connectivity index (χ1n) is 6.49. The fraction of sp³-hybridized carbons (Fsp3) is 0.583. The van der Waals surface area contributed by atoms with E-state index < -0.39 is 5.69 Å². The lowest BCUT2D eigenvalue weighted by Gasteiger charge is -2.18. The molecule has 0 saturated heterocycles. The van der Waals surface area contributed by atoms with Crippen molar-refractivity contribution in [3.8, 4) is 0 Å². The Labute approximate surface area is 115 Å². The van der Waals surface area contributed by atoms with Crippen molar-refractivity contribution in [1.82, 2.24) is 19.1 Å². The van der Waals surface area contributed by atoms with Gasteiger partial charge in [-0.25, -0.2) is 4.79 Å². The van der Waals surface area contributed by atoms with Crippen LogP contribution in [-0.4, -0.2) is 31.7 Å². The molecule has 0 fully saturated rings. The normalized spacial score (nSPS) is 14.4. The second kappa shape index (κ2) is 5.12. The van der Waals surface area contributed by atoms with Crippen molar-refractivity contribution in [3.05, 3.63) is 20.8 Å². The molecule has 110 valence electrons. The molecule has 8 heteroatoms. The van der Waals surface area contributed by atoms with E-state index in [4.69, 9.17) is 5.73 Å². The van der Waals surface area contributed by atoms with Crippen LogP contribution in [0.25, 0.3) is 11.2 Å². The van der Waals surface area contributed by atoms with Gasteiger partial charge in [-0.1, -0.05) is 6.92 Å². The molecule has 0 bridgehead atoms. The lowest BCUT2D eigenvalue weighted by Crippen LogP contribution is -2.36. The van der Waals surface area contributed by atoms with Crippen molar-refractivity contribution in [1.29, 1.82) is 0 Å². The number of aromatic amines is 1. The van der Waals surface area contributed by atoms with Crippen molar-refractivity contribution in [3.63, 3.8) is 0 Å². The van der Waals surface area contributed by atoms with Crippen LogP contribution in [0.1, 0.15) is 13.8 Å². The first-order valence-corrected chi connectivity index (χ1v) is 6.49. The number of H-pyrrole nitrogens is 1. The average Bonchev–Trinajstić information content (AvgIpc) is 2.85. The summed E-state index contributed by atoms with van der Waals surface area (Å²) in [5.74, 6) is 0.723. The molecule has 2 unspecified atom stereocenters. The number of imidazole rings is 1. The van der Waals surface area contributed by atoms with Crippen LogP contribution >= 0.6 is 0 Å². The smallest absolute Gasteiger partial charge is 0.332 e. The summed E-state index contributed by atoms with van der Waals surface area (Å²) >= 11 is 0. The molecule has 2 heterocycles. The number of aryl methyl sites for hydroxylation is 1. The van der Waals surface area contributed by atoms with Gasteiger partial charge in [-0.2, -0.15) is 4.98 Å². The Morgan fingerprint density at radius 1 is 1.30 bits per heavy atom. The van der Waals surface area contributed by atoms with Gasteiger partial charge in [0.2, 0.25) is 5.95 Å². The van der Waals surface area contributed by atoms with E-state index in [1.807, 2.05) is 13.8 Å². The van der Waals surface area contributed by atoms with Crippen LogP contribution in [0.2, 0.25) is 0 Å². The highest BCUT2D eigenvalue weighted by Gasteiger charge is 2.16. The lowest BCUT2D eigenvalue weighted by molar-refractivity contribution is 0.519. The Hall–Kier alpha value is -2.09. The maximum Gasteiger partial charge on any atom is 0.332 e. The summed E-state index contributed by atoms with van der Waals surface area (Å²) in [6, 6.07) is 0.0986. The Kier molecular flexibility index (Phi) is 3.67. The van der Waals surface area contributed by atoms with Crippen LogP contribution in [0.5, 0.6) is 0 Å². The van der Waals surface area contributed by atoms with E-state index in [1.54, 1.807) is 7.05 Å². The minimum absolute atomic E-state index is 0.0986. The highest BCUT2D eigenvalue weighted by molar-refractivity contribution is 5.72. The highest BCUT2D eigenvalue weighted by Crippen LogP contribution is 2.12. The zero-order chi connectivity index (χ0) is 15.0. The van der Waals surface area contributed by atoms with Crippen LogP contribution in [0.3, 0.4) is 0 Å². The van der Waals surface area contributed by atoms with E-state index in [-0.39, 0.29) is 17.5 Å². The van der Waals surface area contributed by atoms with Gasteiger partial charge in [-0.05, 0) is 19.4 Å². The van der Waals surface area contributed by atoms with Crippen LogP contribution in [-0.2, 0) is 14.1 Å². The topological polar surface area (TPSA) is 111 Å². The number of nitrogens with one attached hydrogen (secondary N) is 2. The Morgan fingerprint density at radius 3 is 2.55 bits per heavy atom. The third kappa shape index (κ3) is 2.22. The van der Waals surface area contributed by atoms with Crippen LogP contribution in [0.4, 0.5) is 5.95 Å². The average molecular weight is 280 g/mol. The number of aromatic nitrogens is 4. The lowest BCUT2D eigenvalue weighted by atomic mass is 10.0. The van der Waals surface area contributed by atoms with Gasteiger partial charge in [0.25, 0.3) is 5.56 Å². The second-order valence-corrected chi connectivity index (χ2v) is 5.14. The van der Waals surface area contributed by atoms with Gasteiger partial charge in [0.15, 0.2) is 11.2 Å². The van der Waals surface area contributed by atoms with E-state index in [0.717, 1.165) is 4.57 Å². The van der Waals surface area contributed by atoms with Gasteiger partial charge >= 0.3 is 5.69 Å². The van der Waals surface area contributed by atoms with E-state index >= 15 is 0 Å². The highest BCUT2D eigenvalue weighted by atomic mass is 16.2. The van der Waals surface area contributed by atoms with Crippen LogP contribution in [0.15, 0.2) is 9.59 Å². The molecule has 0 aliphatic heterocycles. The zero-order valence-electron chi connectivity index (χ0n) is 12.1. The number of nitrogens with zero attached hydrogens (tertiary/aromatic N) is 3. The molecule has 0 amide bonds. The molecule has 4 N–H and O–H groups in total. The molecule has 0 aromatic carbocycles. The van der Waals surface area contributed by atoms with E-state index in [1.165, 1.54) is 11.6 Å². The number of rotatable bonds is 4. The van der Waals surface area contributed by atoms with Crippen molar-refractivity contribution in [2.45, 2.75) is 19.9 Å². The van der Waals surface area contributed by atoms with Crippen molar-refractivity contribution in [2.24, 2.45) is 25.7 Å². The Balaban J connectivity index is 2.50. The van der Waals surface area contributed by atoms with E-state index in [9.17, 15) is 9.59 Å². The van der Waals surface area contributed by atoms with E-state index in [0.29, 0.717) is 23.7 Å². The monoisotopic (exact) mass is 280 g/mol. The number of nitrogens with two attached hydrogens (primary N) is 1. The number of hydrogen-bond acceptors (Lipinski definition) is 5. The summed E-state index contributed by atoms with van der Waals surface area (Å²) in [4.78, 5) is 31.0. The Morgan fingerprint density at radius 2 is 1.95 bits per heavy atom. The molecule has 2 rings (SSSR count). The molecule has 0 aliphatic rings. The van der Waals surface area contributed by atoms with Gasteiger partial charge in [0.05, 0.1) is 0 Å². The zero-order valence-corrected chi connectivity index (χ0v) is 12.1. The van der Waals surface area contributed by atoms with Gasteiger partial charge in [0.1, 0.15) is 0 Å². The van der Waals surface area contributed by atoms with Gasteiger partial charge in [-0.3, -0.25) is 13.9 Å². The summed E-state index contributed by atoms with van der Waals surface area (Å²) in [6.45, 7) is 4.56. The van der Waals surface area contributed by atoms with E-state index in [2.05, 4.69) is 15.3 Å². The quantitative estimate of drug-likeness (QED) is 0.689. The van der Waals surface area contributed by atoms with Crippen molar-refractivity contribution in [2.75, 3.05) is 11.9 Å². The van der Waals surface area contributed by atoms with Crippen molar-refractivity contribution >= 4 is 17.1 Å². The standard InChI is InChI=1S/C12H20N6O2/c1-6(5-13)7(2)14-11-15-8-9(16-11)17(3)12(20)18(4)10(8)19/h6-7H,5,13H2,1-4H3,(H2,14,15,16). The predicted molar refractivity (Wildman–Crippen MR) is 77.9 cm³/mol. The molecule has 2 aromatic rings. The minimum atomic E-state index is -0.399. The molecule has 20 heavy (non-hydrogen) atoms. The number of fused-ring (bicyclic) bond motifs is 1. The first-order chi connectivity index (χ1) is 9.36. The largest absolute Gasteiger partial charge is 0.353 e. The molecule has 2 atom stereocenters. The second-order valence-electron chi connectivity index (χ2n) is 5.14. The minimum Gasteiger partial charge on any atom is -0.353 e. The third-order valence-electron chi connectivity index (χ3n) is 3.68. The van der Waals surface area contributed by atoms with Gasteiger partial charge < -0.3 is 16.0 Å². The summed E-state index contributed by atoms with van der Waals surface area (Å²) in [7, 11) is 3.03. The molecule has 0 spiro atoms.